The van der Waals surface area contributed by atoms with Gasteiger partial charge >= 0.3 is 29.9 Å². The molecule has 1 unspecified atom stereocenters. The van der Waals surface area contributed by atoms with Gasteiger partial charge in [-0.05, 0) is 18.1 Å². The molecule has 0 N–H and O–H groups in total. The zero-order chi connectivity index (χ0) is 17.6. The van der Waals surface area contributed by atoms with Gasteiger partial charge in [0.15, 0.2) is 0 Å². The van der Waals surface area contributed by atoms with Crippen LogP contribution in [0.2, 0.25) is 0 Å². The summed E-state index contributed by atoms with van der Waals surface area (Å²) in [6.45, 7) is 3.64. The molecule has 0 spiro atoms. The zero-order valence-electron chi connectivity index (χ0n) is 14.8. The van der Waals surface area contributed by atoms with Crippen LogP contribution in [0.5, 0.6) is 0 Å². The SMILES string of the molecule is Br.[Br-].[CH2]CC(N=C([O-])OCc1ccccc1)C(=O)OC.[Sn+2].[c]1ccccc1. The summed E-state index contributed by atoms with van der Waals surface area (Å²) in [5.74, 6) is -0.596. The molecule has 1 atom stereocenters. The molecule has 27 heavy (non-hydrogen) atoms. The van der Waals surface area contributed by atoms with E-state index in [0.29, 0.717) is 0 Å². The Hall–Kier alpha value is -1.06. The summed E-state index contributed by atoms with van der Waals surface area (Å²) in [5, 5.41) is 11.4. The Kier molecular flexibility index (Phi) is 22.4. The molecule has 0 heterocycles. The van der Waals surface area contributed by atoms with Crippen molar-refractivity contribution in [3.63, 3.8) is 0 Å². The molecule has 2 aromatic carbocycles. The summed E-state index contributed by atoms with van der Waals surface area (Å²) in [4.78, 5) is 14.8. The minimum absolute atomic E-state index is 0. The van der Waals surface area contributed by atoms with Gasteiger partial charge in [0, 0.05) is 6.61 Å². The fourth-order valence-electron chi connectivity index (χ4n) is 1.60. The monoisotopic (exact) mass is 605 g/mol. The normalized spacial score (nSPS) is 10.4. The summed E-state index contributed by atoms with van der Waals surface area (Å²) in [6, 6.07) is 20.8. The Morgan fingerprint density at radius 3 is 2.15 bits per heavy atom. The van der Waals surface area contributed by atoms with Crippen LogP contribution in [0.3, 0.4) is 0 Å². The Morgan fingerprint density at radius 1 is 1.19 bits per heavy atom. The van der Waals surface area contributed by atoms with Crippen LogP contribution in [0.1, 0.15) is 12.0 Å². The summed E-state index contributed by atoms with van der Waals surface area (Å²) in [5.41, 5.74) is 0.852. The van der Waals surface area contributed by atoms with Gasteiger partial charge in [-0.1, -0.05) is 67.6 Å². The summed E-state index contributed by atoms with van der Waals surface area (Å²) in [6.07, 6.45) is -0.648. The van der Waals surface area contributed by atoms with E-state index in [1.165, 1.54) is 7.11 Å². The largest absolute Gasteiger partial charge is 2.00 e. The number of hydrogen-bond acceptors (Lipinski definition) is 5. The average Bonchev–Trinajstić information content (AvgIpc) is 2.66. The molecule has 0 aromatic heterocycles. The van der Waals surface area contributed by atoms with E-state index < -0.39 is 18.1 Å². The number of ether oxygens (including phenoxy) is 2. The maximum atomic E-state index is 11.4. The molecule has 0 amide bonds. The molecule has 0 aliphatic rings. The zero-order valence-corrected chi connectivity index (χ0v) is 21.0. The van der Waals surface area contributed by atoms with E-state index >= 15 is 0 Å². The van der Waals surface area contributed by atoms with Gasteiger partial charge in [-0.25, -0.2) is 4.79 Å². The first-order valence-electron chi connectivity index (χ1n) is 7.37. The number of carbonyl (C=O) groups is 1. The maximum Gasteiger partial charge on any atom is 2.00 e. The first-order valence-corrected chi connectivity index (χ1v) is 7.37. The molecular formula is C19H21Br2NO4Sn. The molecule has 0 aliphatic heterocycles. The van der Waals surface area contributed by atoms with Gasteiger partial charge < -0.3 is 31.6 Å². The molecule has 0 saturated carbocycles. The van der Waals surface area contributed by atoms with Crippen LogP contribution >= 0.6 is 17.0 Å². The van der Waals surface area contributed by atoms with E-state index in [2.05, 4.69) is 22.7 Å². The van der Waals surface area contributed by atoms with Gasteiger partial charge in [0.1, 0.15) is 12.1 Å². The standard InChI is InChI=1S/C13H16NO4.C6H5.2BrH.Sn/c1-3-11(12(15)17-2)14-13(16)18-9-10-7-5-4-6-8-10;1-2-4-6-5-3-1;;;/h4-8,11H,1,3,9H2,2H3,(H,14,16);1-5H;2*1H;/q;;;;+2/p-2. The second kappa shape index (κ2) is 19.7. The Bertz CT molecular complexity index is 589. The van der Waals surface area contributed by atoms with E-state index in [-0.39, 0.29) is 70.9 Å². The summed E-state index contributed by atoms with van der Waals surface area (Å²) < 4.78 is 9.40. The second-order valence-corrected chi connectivity index (χ2v) is 4.57. The third-order valence-corrected chi connectivity index (χ3v) is 2.82. The van der Waals surface area contributed by atoms with Gasteiger partial charge in [0.25, 0.3) is 0 Å². The third kappa shape index (κ3) is 14.6. The number of halogens is 2. The van der Waals surface area contributed by atoms with Crippen LogP contribution in [-0.2, 0) is 20.9 Å². The minimum Gasteiger partial charge on any atom is -1.00 e. The van der Waals surface area contributed by atoms with Crippen molar-refractivity contribution in [3.8, 4) is 0 Å². The molecule has 8 heteroatoms. The number of methoxy groups -OCH3 is 1. The smallest absolute Gasteiger partial charge is 1.00 e. The number of benzene rings is 2. The fourth-order valence-corrected chi connectivity index (χ4v) is 1.60. The minimum atomic E-state index is -0.904. The summed E-state index contributed by atoms with van der Waals surface area (Å²) >= 11 is 0. The van der Waals surface area contributed by atoms with E-state index in [9.17, 15) is 9.90 Å². The predicted octanol–water partition coefficient (Wildman–Crippen LogP) is -0.627. The van der Waals surface area contributed by atoms with Gasteiger partial charge in [0.05, 0.1) is 7.11 Å². The third-order valence-electron chi connectivity index (χ3n) is 2.82. The van der Waals surface area contributed by atoms with Crippen molar-refractivity contribution in [2.45, 2.75) is 19.1 Å². The number of nitrogens with zero attached hydrogens (tertiary/aromatic N) is 1. The van der Waals surface area contributed by atoms with E-state index in [0.717, 1.165) is 5.56 Å². The maximum absolute atomic E-state index is 11.4. The van der Waals surface area contributed by atoms with Crippen molar-refractivity contribution >= 4 is 52.9 Å². The van der Waals surface area contributed by atoms with Crippen LogP contribution in [0, 0.1) is 13.0 Å². The first-order chi connectivity index (χ1) is 11.7. The van der Waals surface area contributed by atoms with Gasteiger partial charge in [-0.2, -0.15) is 0 Å². The molecule has 5 nitrogen and oxygen atoms in total. The van der Waals surface area contributed by atoms with Crippen molar-refractivity contribution < 1.29 is 36.4 Å². The predicted molar refractivity (Wildman–Crippen MR) is 106 cm³/mol. The topological polar surface area (TPSA) is 71.0 Å². The molecular weight excluding hydrogens is 585 g/mol. The van der Waals surface area contributed by atoms with Crippen molar-refractivity contribution in [2.75, 3.05) is 7.11 Å². The fraction of sp³-hybridized carbons (Fsp3) is 0.211. The molecule has 4 radical (unpaired) electrons. The Balaban J connectivity index is -0.000000549. The Labute approximate surface area is 198 Å². The van der Waals surface area contributed by atoms with Crippen molar-refractivity contribution in [1.82, 2.24) is 0 Å². The summed E-state index contributed by atoms with van der Waals surface area (Å²) in [7, 11) is 1.23. The molecule has 144 valence electrons. The number of esters is 1. The number of rotatable bonds is 5. The Morgan fingerprint density at radius 2 is 1.74 bits per heavy atom. The molecule has 0 bridgehead atoms. The van der Waals surface area contributed by atoms with Crippen LogP contribution in [-0.4, -0.2) is 49.1 Å². The molecule has 2 aromatic rings. The van der Waals surface area contributed by atoms with Crippen molar-refractivity contribution in [2.24, 2.45) is 4.99 Å². The number of hydrogen-bond donors (Lipinski definition) is 0. The van der Waals surface area contributed by atoms with Crippen LogP contribution in [0.25, 0.3) is 0 Å². The number of carbonyl (C=O) groups excluding carboxylic acids is 1. The quantitative estimate of drug-likeness (QED) is 0.197. The second-order valence-electron chi connectivity index (χ2n) is 4.57. The van der Waals surface area contributed by atoms with Crippen LogP contribution in [0.15, 0.2) is 65.7 Å². The average molecular weight is 606 g/mol. The van der Waals surface area contributed by atoms with Crippen molar-refractivity contribution in [3.05, 3.63) is 79.2 Å². The van der Waals surface area contributed by atoms with E-state index in [4.69, 9.17) is 4.74 Å². The van der Waals surface area contributed by atoms with Gasteiger partial charge in [-0.15, -0.1) is 17.0 Å². The van der Waals surface area contributed by atoms with Gasteiger partial charge in [0.2, 0.25) is 0 Å². The first kappa shape index (κ1) is 30.7. The van der Waals surface area contributed by atoms with E-state index in [1.807, 2.05) is 60.7 Å². The molecule has 0 aliphatic carbocycles. The number of aliphatic imine (C=N–C) groups is 1. The van der Waals surface area contributed by atoms with Crippen molar-refractivity contribution in [1.29, 1.82) is 0 Å². The molecule has 0 saturated heterocycles. The van der Waals surface area contributed by atoms with Gasteiger partial charge in [-0.3, -0.25) is 4.99 Å². The van der Waals surface area contributed by atoms with E-state index in [1.54, 1.807) is 0 Å². The van der Waals surface area contributed by atoms with Crippen LogP contribution < -0.4 is 22.1 Å². The molecule has 2 rings (SSSR count). The molecule has 0 fully saturated rings. The van der Waals surface area contributed by atoms with Crippen LogP contribution in [0.4, 0.5) is 0 Å².